The fourth-order valence-electron chi connectivity index (χ4n) is 2.24. The van der Waals surface area contributed by atoms with E-state index in [2.05, 4.69) is 46.4 Å². The molecule has 0 spiro atoms. The van der Waals surface area contributed by atoms with Crippen LogP contribution in [0.3, 0.4) is 0 Å². The van der Waals surface area contributed by atoms with Crippen LogP contribution < -0.4 is 5.32 Å². The van der Waals surface area contributed by atoms with Gasteiger partial charge in [-0.15, -0.1) is 0 Å². The summed E-state index contributed by atoms with van der Waals surface area (Å²) < 4.78 is 1.13. The molecule has 0 aliphatic rings. The third kappa shape index (κ3) is 3.48. The van der Waals surface area contributed by atoms with Gasteiger partial charge in [0.25, 0.3) is 0 Å². The van der Waals surface area contributed by atoms with Gasteiger partial charge in [-0.2, -0.15) is 0 Å². The van der Waals surface area contributed by atoms with Gasteiger partial charge >= 0.3 is 0 Å². The topological polar surface area (TPSA) is 29.1 Å². The van der Waals surface area contributed by atoms with Crippen LogP contribution in [0.25, 0.3) is 0 Å². The molecule has 0 saturated heterocycles. The molecule has 0 atom stereocenters. The fraction of sp³-hybridized carbons (Fsp3) is 0.235. The Kier molecular flexibility index (Phi) is 4.61. The van der Waals surface area contributed by atoms with Crippen LogP contribution >= 0.6 is 15.9 Å². The Labute approximate surface area is 128 Å². The van der Waals surface area contributed by atoms with Crippen molar-refractivity contribution in [3.8, 4) is 0 Å². The Morgan fingerprint density at radius 2 is 1.80 bits per heavy atom. The van der Waals surface area contributed by atoms with Crippen molar-refractivity contribution >= 4 is 27.5 Å². The standard InChI is InChI=1S/C17H18BrNO/c1-11-9-17(19-13(3)20)12(2)8-15(11)10-14-6-4-5-7-16(14)18/h4-9H,10H2,1-3H3,(H,19,20). The first-order valence-electron chi connectivity index (χ1n) is 6.58. The number of carbonyl (C=O) groups is 1. The SMILES string of the molecule is CC(=O)Nc1cc(C)c(Cc2ccccc2Br)cc1C. The summed E-state index contributed by atoms with van der Waals surface area (Å²) in [7, 11) is 0. The number of halogens is 1. The Balaban J connectivity index is 2.32. The number of hydrogen-bond acceptors (Lipinski definition) is 1. The highest BCUT2D eigenvalue weighted by Crippen LogP contribution is 2.25. The Bertz CT molecular complexity index is 649. The molecule has 0 heterocycles. The maximum atomic E-state index is 11.2. The Morgan fingerprint density at radius 3 is 2.45 bits per heavy atom. The molecule has 0 aromatic heterocycles. The van der Waals surface area contributed by atoms with Crippen LogP contribution in [0.15, 0.2) is 40.9 Å². The number of anilines is 1. The van der Waals surface area contributed by atoms with Gasteiger partial charge in [0.05, 0.1) is 0 Å². The molecule has 20 heavy (non-hydrogen) atoms. The lowest BCUT2D eigenvalue weighted by atomic mass is 9.97. The lowest BCUT2D eigenvalue weighted by Gasteiger charge is -2.13. The van der Waals surface area contributed by atoms with Crippen molar-refractivity contribution in [2.75, 3.05) is 5.32 Å². The maximum absolute atomic E-state index is 11.2. The summed E-state index contributed by atoms with van der Waals surface area (Å²) in [6.07, 6.45) is 0.883. The summed E-state index contributed by atoms with van der Waals surface area (Å²) in [6.45, 7) is 5.63. The molecule has 0 aliphatic carbocycles. The quantitative estimate of drug-likeness (QED) is 0.873. The van der Waals surface area contributed by atoms with Gasteiger partial charge < -0.3 is 5.32 Å². The average molecular weight is 332 g/mol. The third-order valence-electron chi connectivity index (χ3n) is 3.33. The predicted octanol–water partition coefficient (Wildman–Crippen LogP) is 4.62. The zero-order valence-electron chi connectivity index (χ0n) is 12.0. The fourth-order valence-corrected chi connectivity index (χ4v) is 2.66. The molecule has 2 aromatic rings. The van der Waals surface area contributed by atoms with Crippen LogP contribution in [-0.2, 0) is 11.2 Å². The van der Waals surface area contributed by atoms with E-state index < -0.39 is 0 Å². The van der Waals surface area contributed by atoms with Gasteiger partial charge in [-0.1, -0.05) is 40.2 Å². The Morgan fingerprint density at radius 1 is 1.10 bits per heavy atom. The number of nitrogens with one attached hydrogen (secondary N) is 1. The molecule has 0 radical (unpaired) electrons. The molecule has 1 amide bonds. The molecular weight excluding hydrogens is 314 g/mol. The van der Waals surface area contributed by atoms with Crippen molar-refractivity contribution in [3.05, 3.63) is 63.1 Å². The average Bonchev–Trinajstić information content (AvgIpc) is 2.37. The zero-order valence-corrected chi connectivity index (χ0v) is 13.5. The van der Waals surface area contributed by atoms with E-state index in [1.807, 2.05) is 25.1 Å². The third-order valence-corrected chi connectivity index (χ3v) is 4.11. The van der Waals surface area contributed by atoms with Gasteiger partial charge in [-0.05, 0) is 54.7 Å². The van der Waals surface area contributed by atoms with Crippen LogP contribution in [-0.4, -0.2) is 5.91 Å². The second kappa shape index (κ2) is 6.23. The van der Waals surface area contributed by atoms with E-state index in [1.54, 1.807) is 0 Å². The van der Waals surface area contributed by atoms with Crippen molar-refractivity contribution < 1.29 is 4.79 Å². The first kappa shape index (κ1) is 14.8. The van der Waals surface area contributed by atoms with Gasteiger partial charge in [0.2, 0.25) is 5.91 Å². The minimum atomic E-state index is -0.0361. The molecule has 0 aliphatic heterocycles. The van der Waals surface area contributed by atoms with Gasteiger partial charge in [0, 0.05) is 17.1 Å². The predicted molar refractivity (Wildman–Crippen MR) is 87.2 cm³/mol. The number of benzene rings is 2. The van der Waals surface area contributed by atoms with Gasteiger partial charge in [-0.25, -0.2) is 0 Å². The van der Waals surface area contributed by atoms with Crippen molar-refractivity contribution in [2.24, 2.45) is 0 Å². The van der Waals surface area contributed by atoms with E-state index in [9.17, 15) is 4.79 Å². The van der Waals surface area contributed by atoms with Crippen molar-refractivity contribution in [3.63, 3.8) is 0 Å². The molecule has 3 heteroatoms. The van der Waals surface area contributed by atoms with Crippen molar-refractivity contribution in [1.82, 2.24) is 0 Å². The second-order valence-corrected chi connectivity index (χ2v) is 5.90. The molecule has 0 fully saturated rings. The first-order chi connectivity index (χ1) is 9.47. The second-order valence-electron chi connectivity index (χ2n) is 5.04. The largest absolute Gasteiger partial charge is 0.326 e. The minimum Gasteiger partial charge on any atom is -0.326 e. The number of rotatable bonds is 3. The van der Waals surface area contributed by atoms with Crippen LogP contribution in [0.1, 0.15) is 29.2 Å². The number of carbonyl (C=O) groups excluding carboxylic acids is 1. The zero-order chi connectivity index (χ0) is 14.7. The van der Waals surface area contributed by atoms with Gasteiger partial charge in [-0.3, -0.25) is 4.79 Å². The highest BCUT2D eigenvalue weighted by Gasteiger charge is 2.08. The van der Waals surface area contributed by atoms with E-state index in [4.69, 9.17) is 0 Å². The molecule has 0 unspecified atom stereocenters. The molecule has 2 rings (SSSR count). The summed E-state index contributed by atoms with van der Waals surface area (Å²) >= 11 is 3.59. The molecule has 2 aromatic carbocycles. The maximum Gasteiger partial charge on any atom is 0.221 e. The summed E-state index contributed by atoms with van der Waals surface area (Å²) in [5, 5.41) is 2.87. The number of amides is 1. The van der Waals surface area contributed by atoms with E-state index in [0.717, 1.165) is 22.1 Å². The van der Waals surface area contributed by atoms with Crippen molar-refractivity contribution in [2.45, 2.75) is 27.2 Å². The molecule has 1 N–H and O–H groups in total. The first-order valence-corrected chi connectivity index (χ1v) is 7.38. The monoisotopic (exact) mass is 331 g/mol. The highest BCUT2D eigenvalue weighted by molar-refractivity contribution is 9.10. The van der Waals surface area contributed by atoms with Gasteiger partial charge in [0.15, 0.2) is 0 Å². The van der Waals surface area contributed by atoms with Crippen LogP contribution in [0.5, 0.6) is 0 Å². The smallest absolute Gasteiger partial charge is 0.221 e. The lowest BCUT2D eigenvalue weighted by molar-refractivity contribution is -0.114. The molecule has 2 nitrogen and oxygen atoms in total. The highest BCUT2D eigenvalue weighted by atomic mass is 79.9. The summed E-state index contributed by atoms with van der Waals surface area (Å²) in [5.41, 5.74) is 5.72. The van der Waals surface area contributed by atoms with E-state index >= 15 is 0 Å². The Hall–Kier alpha value is -1.61. The molecule has 0 bridgehead atoms. The van der Waals surface area contributed by atoms with Crippen LogP contribution in [0.4, 0.5) is 5.69 Å². The minimum absolute atomic E-state index is 0.0361. The molecule has 104 valence electrons. The number of hydrogen-bond donors (Lipinski definition) is 1. The van der Waals surface area contributed by atoms with Gasteiger partial charge in [0.1, 0.15) is 0 Å². The summed E-state index contributed by atoms with van der Waals surface area (Å²) in [4.78, 5) is 11.2. The number of aryl methyl sites for hydroxylation is 2. The van der Waals surface area contributed by atoms with Crippen molar-refractivity contribution in [1.29, 1.82) is 0 Å². The van der Waals surface area contributed by atoms with E-state index in [0.29, 0.717) is 0 Å². The normalized spacial score (nSPS) is 10.4. The van der Waals surface area contributed by atoms with Crippen LogP contribution in [0.2, 0.25) is 0 Å². The summed E-state index contributed by atoms with van der Waals surface area (Å²) in [5.74, 6) is -0.0361. The molecule has 0 saturated carbocycles. The van der Waals surface area contributed by atoms with Crippen LogP contribution in [0, 0.1) is 13.8 Å². The summed E-state index contributed by atoms with van der Waals surface area (Å²) in [6, 6.07) is 12.5. The van der Waals surface area contributed by atoms with E-state index in [-0.39, 0.29) is 5.91 Å². The lowest BCUT2D eigenvalue weighted by Crippen LogP contribution is -2.08. The van der Waals surface area contributed by atoms with E-state index in [1.165, 1.54) is 23.6 Å². The molecular formula is C17H18BrNO.